The van der Waals surface area contributed by atoms with E-state index in [0.717, 1.165) is 81.8 Å². The lowest BCUT2D eigenvalue weighted by Gasteiger charge is -2.26. The summed E-state index contributed by atoms with van der Waals surface area (Å²) in [5.74, 6) is 0.516. The highest BCUT2D eigenvalue weighted by Crippen LogP contribution is 2.25. The molecule has 9 nitrogen and oxygen atoms in total. The van der Waals surface area contributed by atoms with Crippen molar-refractivity contribution in [2.24, 2.45) is 5.92 Å². The number of nitrogens with zero attached hydrogens (tertiary/aromatic N) is 4. The third-order valence-electron chi connectivity index (χ3n) is 8.25. The molecule has 38 heavy (non-hydrogen) atoms. The number of aryl methyl sites for hydroxylation is 2. The van der Waals surface area contributed by atoms with E-state index in [0.29, 0.717) is 25.4 Å². The monoisotopic (exact) mass is 520 g/mol. The number of carboxylic acid groups (broad SMARTS) is 1. The Labute approximate surface area is 225 Å². The molecule has 3 aliphatic rings. The number of aromatic nitrogens is 2. The molecule has 0 spiro atoms. The van der Waals surface area contributed by atoms with Gasteiger partial charge in [-0.3, -0.25) is 14.7 Å². The van der Waals surface area contributed by atoms with Crippen LogP contribution in [0.3, 0.4) is 0 Å². The highest BCUT2D eigenvalue weighted by molar-refractivity contribution is 5.87. The van der Waals surface area contributed by atoms with Crippen LogP contribution in [-0.4, -0.2) is 81.6 Å². The van der Waals surface area contributed by atoms with Crippen molar-refractivity contribution in [2.75, 3.05) is 38.0 Å². The van der Waals surface area contributed by atoms with Crippen molar-refractivity contribution in [1.82, 2.24) is 25.1 Å². The lowest BCUT2D eigenvalue weighted by Crippen LogP contribution is -2.50. The van der Waals surface area contributed by atoms with Gasteiger partial charge in [0.05, 0.1) is 6.04 Å². The Balaban J connectivity index is 1.06. The van der Waals surface area contributed by atoms with E-state index < -0.39 is 12.0 Å². The van der Waals surface area contributed by atoms with Crippen molar-refractivity contribution >= 4 is 17.7 Å². The second-order valence-corrected chi connectivity index (χ2v) is 11.0. The van der Waals surface area contributed by atoms with E-state index in [-0.39, 0.29) is 11.9 Å². The summed E-state index contributed by atoms with van der Waals surface area (Å²) in [4.78, 5) is 38.5. The number of aliphatic carboxylic acids is 1. The Morgan fingerprint density at radius 1 is 1.18 bits per heavy atom. The third kappa shape index (κ3) is 6.88. The highest BCUT2D eigenvalue weighted by atomic mass is 16.4. The molecule has 5 rings (SSSR count). The molecule has 0 radical (unpaired) electrons. The largest absolute Gasteiger partial charge is 0.480 e. The number of rotatable bonds is 11. The predicted octanol–water partition coefficient (Wildman–Crippen LogP) is 2.71. The summed E-state index contributed by atoms with van der Waals surface area (Å²) >= 11 is 0. The number of carbonyl (C=O) groups is 2. The molecular weight excluding hydrogens is 480 g/mol. The summed E-state index contributed by atoms with van der Waals surface area (Å²) in [5.41, 5.74) is 3.53. The summed E-state index contributed by atoms with van der Waals surface area (Å²) in [6.07, 6.45) is 11.1. The molecule has 9 heteroatoms. The summed E-state index contributed by atoms with van der Waals surface area (Å²) in [5, 5.41) is 16.1. The van der Waals surface area contributed by atoms with E-state index in [1.165, 1.54) is 12.0 Å². The van der Waals surface area contributed by atoms with E-state index in [9.17, 15) is 14.7 Å². The van der Waals surface area contributed by atoms with Gasteiger partial charge >= 0.3 is 5.97 Å². The van der Waals surface area contributed by atoms with Crippen LogP contribution in [-0.2, 0) is 29.0 Å². The number of anilines is 1. The van der Waals surface area contributed by atoms with E-state index in [4.69, 9.17) is 4.98 Å². The molecule has 3 unspecified atom stereocenters. The summed E-state index contributed by atoms with van der Waals surface area (Å²) < 4.78 is 0. The Morgan fingerprint density at radius 3 is 2.95 bits per heavy atom. The molecule has 204 valence electrons. The van der Waals surface area contributed by atoms with Crippen LogP contribution >= 0.6 is 0 Å². The van der Waals surface area contributed by atoms with Gasteiger partial charge < -0.3 is 20.6 Å². The second kappa shape index (κ2) is 12.7. The maximum Gasteiger partial charge on any atom is 0.326 e. The van der Waals surface area contributed by atoms with Gasteiger partial charge in [0.2, 0.25) is 5.91 Å². The number of carbonyl (C=O) groups excluding carboxylic acids is 1. The highest BCUT2D eigenvalue weighted by Gasteiger charge is 2.33. The van der Waals surface area contributed by atoms with Gasteiger partial charge in [0, 0.05) is 44.3 Å². The zero-order valence-electron chi connectivity index (χ0n) is 22.1. The molecule has 3 atom stereocenters. The minimum Gasteiger partial charge on any atom is -0.480 e. The molecule has 3 aliphatic heterocycles. The molecule has 0 aliphatic carbocycles. The quantitative estimate of drug-likeness (QED) is 0.415. The van der Waals surface area contributed by atoms with Crippen molar-refractivity contribution in [3.05, 3.63) is 53.5 Å². The molecule has 0 saturated carbocycles. The molecule has 5 heterocycles. The van der Waals surface area contributed by atoms with Crippen LogP contribution in [0.1, 0.15) is 55.3 Å². The van der Waals surface area contributed by atoms with E-state index in [2.05, 4.69) is 37.6 Å². The van der Waals surface area contributed by atoms with Crippen molar-refractivity contribution in [3.63, 3.8) is 0 Å². The fourth-order valence-corrected chi connectivity index (χ4v) is 6.09. The number of nitrogens with one attached hydrogen (secondary N) is 2. The maximum absolute atomic E-state index is 13.1. The molecule has 2 aromatic heterocycles. The van der Waals surface area contributed by atoms with Gasteiger partial charge in [-0.15, -0.1) is 0 Å². The van der Waals surface area contributed by atoms with Crippen LogP contribution in [0.4, 0.5) is 5.82 Å². The molecule has 0 aromatic carbocycles. The molecule has 2 saturated heterocycles. The Kier molecular flexibility index (Phi) is 8.86. The first-order chi connectivity index (χ1) is 18.5. The second-order valence-electron chi connectivity index (χ2n) is 11.0. The van der Waals surface area contributed by atoms with Crippen molar-refractivity contribution in [1.29, 1.82) is 0 Å². The third-order valence-corrected chi connectivity index (χ3v) is 8.25. The SMILES string of the molecule is O=C(O)C(CCN1CCC(CCc2ccc3c(n2)NCCC3)C1)NC(=O)C1CCCN1Cc1cccnc1. The zero-order valence-corrected chi connectivity index (χ0v) is 22.1. The minimum absolute atomic E-state index is 0.176. The van der Waals surface area contributed by atoms with Crippen LogP contribution in [0.2, 0.25) is 0 Å². The summed E-state index contributed by atoms with van der Waals surface area (Å²) in [7, 11) is 0. The Hall–Kier alpha value is -3.04. The van der Waals surface area contributed by atoms with Gasteiger partial charge in [-0.2, -0.15) is 0 Å². The van der Waals surface area contributed by atoms with Crippen LogP contribution < -0.4 is 10.6 Å². The number of likely N-dealkylation sites (tertiary alicyclic amines) is 2. The Morgan fingerprint density at radius 2 is 2.11 bits per heavy atom. The van der Waals surface area contributed by atoms with Crippen molar-refractivity contribution < 1.29 is 14.7 Å². The van der Waals surface area contributed by atoms with Crippen LogP contribution in [0.15, 0.2) is 36.7 Å². The average Bonchev–Trinajstić information content (AvgIpc) is 3.59. The average molecular weight is 521 g/mol. The van der Waals surface area contributed by atoms with E-state index >= 15 is 0 Å². The van der Waals surface area contributed by atoms with E-state index in [1.54, 1.807) is 6.20 Å². The standard InChI is InChI=1S/C29H40N6O3/c36-28(26-6-3-15-35(26)20-22-4-1-13-30-18-22)33-25(29(37)38)12-17-34-16-11-21(19-34)7-9-24-10-8-23-5-2-14-31-27(23)32-24/h1,4,8,10,13,18,21,25-26H,2-3,5-7,9,11-12,14-17,19-20H2,(H,31,32)(H,33,36)(H,37,38). The summed E-state index contributed by atoms with van der Waals surface area (Å²) in [6, 6.07) is 7.13. The molecule has 1 amide bonds. The van der Waals surface area contributed by atoms with Gasteiger partial charge in [-0.25, -0.2) is 9.78 Å². The Bertz CT molecular complexity index is 1100. The smallest absolute Gasteiger partial charge is 0.326 e. The lowest BCUT2D eigenvalue weighted by atomic mass is 10.00. The topological polar surface area (TPSA) is 111 Å². The van der Waals surface area contributed by atoms with Gasteiger partial charge in [0.1, 0.15) is 11.9 Å². The summed E-state index contributed by atoms with van der Waals surface area (Å²) in [6.45, 7) is 5.12. The molecule has 2 aromatic rings. The number of hydrogen-bond acceptors (Lipinski definition) is 7. The van der Waals surface area contributed by atoms with Gasteiger partial charge in [-0.1, -0.05) is 12.1 Å². The van der Waals surface area contributed by atoms with Crippen LogP contribution in [0, 0.1) is 5.92 Å². The predicted molar refractivity (Wildman–Crippen MR) is 146 cm³/mol. The maximum atomic E-state index is 13.1. The number of amides is 1. The molecule has 3 N–H and O–H groups in total. The van der Waals surface area contributed by atoms with Crippen molar-refractivity contribution in [2.45, 2.75) is 70.0 Å². The van der Waals surface area contributed by atoms with Gasteiger partial charge in [0.15, 0.2) is 0 Å². The first-order valence-corrected chi connectivity index (χ1v) is 14.2. The zero-order chi connectivity index (χ0) is 26.3. The molecular formula is C29H40N6O3. The first-order valence-electron chi connectivity index (χ1n) is 14.2. The minimum atomic E-state index is -0.960. The number of hydrogen-bond donors (Lipinski definition) is 3. The normalized spacial score (nSPS) is 22.5. The van der Waals surface area contributed by atoms with Gasteiger partial charge in [0.25, 0.3) is 0 Å². The van der Waals surface area contributed by atoms with Gasteiger partial charge in [-0.05, 0) is 93.6 Å². The van der Waals surface area contributed by atoms with E-state index in [1.807, 2.05) is 18.3 Å². The number of pyridine rings is 2. The fourth-order valence-electron chi connectivity index (χ4n) is 6.09. The molecule has 2 fully saturated rings. The van der Waals surface area contributed by atoms with Crippen LogP contribution in [0.25, 0.3) is 0 Å². The molecule has 0 bridgehead atoms. The number of carboxylic acids is 1. The first kappa shape index (κ1) is 26.6. The fraction of sp³-hybridized carbons (Fsp3) is 0.586. The lowest BCUT2D eigenvalue weighted by molar-refractivity contribution is -0.142. The number of fused-ring (bicyclic) bond motifs is 1. The van der Waals surface area contributed by atoms with Crippen LogP contribution in [0.5, 0.6) is 0 Å². The van der Waals surface area contributed by atoms with Crippen molar-refractivity contribution in [3.8, 4) is 0 Å².